The van der Waals surface area contributed by atoms with Gasteiger partial charge in [0, 0.05) is 19.3 Å². The minimum Gasteiger partial charge on any atom is -0.378 e. The molecule has 0 aliphatic carbocycles. The molecule has 0 saturated carbocycles. The van der Waals surface area contributed by atoms with Crippen molar-refractivity contribution in [3.05, 3.63) is 21.9 Å². The molecule has 0 bridgehead atoms. The van der Waals surface area contributed by atoms with Crippen LogP contribution in [-0.2, 0) is 4.74 Å². The van der Waals surface area contributed by atoms with Gasteiger partial charge in [-0.05, 0) is 29.8 Å². The standard InChI is InChI=1S/C13H15BrN4O2/c1-8-11(14)12-15-7-10(9(2)19)13(18(12)16-8)17-3-5-20-6-4-17/h7H,3-6H2,1-2H3. The fourth-order valence-corrected chi connectivity index (χ4v) is 2.73. The van der Waals surface area contributed by atoms with Gasteiger partial charge in [0.05, 0.1) is 28.9 Å². The molecule has 0 atom stereocenters. The summed E-state index contributed by atoms with van der Waals surface area (Å²) < 4.78 is 8.00. The van der Waals surface area contributed by atoms with Crippen LogP contribution in [0.1, 0.15) is 23.0 Å². The number of fused-ring (bicyclic) bond motifs is 1. The van der Waals surface area contributed by atoms with E-state index in [1.807, 2.05) is 6.92 Å². The van der Waals surface area contributed by atoms with Crippen LogP contribution in [0.2, 0.25) is 0 Å². The minimum atomic E-state index is -0.00910. The van der Waals surface area contributed by atoms with Crippen LogP contribution < -0.4 is 4.90 Å². The Hall–Kier alpha value is -1.47. The lowest BCUT2D eigenvalue weighted by Gasteiger charge is -2.30. The van der Waals surface area contributed by atoms with Crippen molar-refractivity contribution < 1.29 is 9.53 Å². The molecule has 0 radical (unpaired) electrons. The smallest absolute Gasteiger partial charge is 0.171 e. The van der Waals surface area contributed by atoms with Crippen molar-refractivity contribution in [2.75, 3.05) is 31.2 Å². The number of carbonyl (C=O) groups excluding carboxylic acids is 1. The highest BCUT2D eigenvalue weighted by Gasteiger charge is 2.23. The normalized spacial score (nSPS) is 15.8. The van der Waals surface area contributed by atoms with E-state index in [4.69, 9.17) is 4.74 Å². The van der Waals surface area contributed by atoms with Crippen LogP contribution in [-0.4, -0.2) is 46.7 Å². The second-order valence-corrected chi connectivity index (χ2v) is 5.58. The van der Waals surface area contributed by atoms with Crippen molar-refractivity contribution in [2.45, 2.75) is 13.8 Å². The van der Waals surface area contributed by atoms with Gasteiger partial charge in [-0.3, -0.25) is 4.79 Å². The third-order valence-electron chi connectivity index (χ3n) is 3.41. The molecule has 1 fully saturated rings. The number of Topliss-reactive ketones (excluding diaryl/α,β-unsaturated/α-hetero) is 1. The van der Waals surface area contributed by atoms with E-state index in [2.05, 4.69) is 30.9 Å². The Morgan fingerprint density at radius 3 is 2.75 bits per heavy atom. The number of rotatable bonds is 2. The lowest BCUT2D eigenvalue weighted by atomic mass is 10.2. The topological polar surface area (TPSA) is 59.7 Å². The van der Waals surface area contributed by atoms with Crippen LogP contribution in [0, 0.1) is 6.92 Å². The Kier molecular flexibility index (Phi) is 3.47. The van der Waals surface area contributed by atoms with E-state index in [-0.39, 0.29) is 5.78 Å². The summed E-state index contributed by atoms with van der Waals surface area (Å²) in [5.41, 5.74) is 2.18. The summed E-state index contributed by atoms with van der Waals surface area (Å²) in [7, 11) is 0. The minimum absolute atomic E-state index is 0.00910. The van der Waals surface area contributed by atoms with Gasteiger partial charge in [-0.25, -0.2) is 4.98 Å². The van der Waals surface area contributed by atoms with Gasteiger partial charge in [0.1, 0.15) is 5.82 Å². The van der Waals surface area contributed by atoms with Gasteiger partial charge < -0.3 is 9.64 Å². The fraction of sp³-hybridized carbons (Fsp3) is 0.462. The van der Waals surface area contributed by atoms with E-state index < -0.39 is 0 Å². The second kappa shape index (κ2) is 5.14. The molecular formula is C13H15BrN4O2. The molecule has 1 saturated heterocycles. The number of hydrogen-bond acceptors (Lipinski definition) is 5. The van der Waals surface area contributed by atoms with Crippen molar-refractivity contribution in [1.82, 2.24) is 14.6 Å². The third kappa shape index (κ3) is 2.10. The predicted octanol–water partition coefficient (Wildman–Crippen LogP) is 1.84. The van der Waals surface area contributed by atoms with Crippen LogP contribution in [0.15, 0.2) is 10.7 Å². The Morgan fingerprint density at radius 1 is 1.40 bits per heavy atom. The maximum Gasteiger partial charge on any atom is 0.171 e. The van der Waals surface area contributed by atoms with Crippen molar-refractivity contribution >= 4 is 33.2 Å². The van der Waals surface area contributed by atoms with Gasteiger partial charge >= 0.3 is 0 Å². The first-order valence-corrected chi connectivity index (χ1v) is 7.26. The van der Waals surface area contributed by atoms with Gasteiger partial charge in [0.15, 0.2) is 11.4 Å². The van der Waals surface area contributed by atoms with E-state index in [0.29, 0.717) is 18.8 Å². The predicted molar refractivity (Wildman–Crippen MR) is 78.5 cm³/mol. The van der Waals surface area contributed by atoms with Crippen molar-refractivity contribution in [3.63, 3.8) is 0 Å². The highest BCUT2D eigenvalue weighted by atomic mass is 79.9. The number of anilines is 1. The molecule has 2 aromatic heterocycles. The SMILES string of the molecule is CC(=O)c1cnc2c(Br)c(C)nn2c1N1CCOCC1. The number of aromatic nitrogens is 3. The van der Waals surface area contributed by atoms with Gasteiger partial charge in [-0.15, -0.1) is 0 Å². The van der Waals surface area contributed by atoms with Gasteiger partial charge in [0.25, 0.3) is 0 Å². The van der Waals surface area contributed by atoms with Crippen LogP contribution >= 0.6 is 15.9 Å². The molecule has 1 aliphatic heterocycles. The Labute approximate surface area is 124 Å². The van der Waals surface area contributed by atoms with Gasteiger partial charge in [-0.2, -0.15) is 9.61 Å². The quantitative estimate of drug-likeness (QED) is 0.782. The molecule has 20 heavy (non-hydrogen) atoms. The van der Waals surface area contributed by atoms with Crippen molar-refractivity contribution in [2.24, 2.45) is 0 Å². The zero-order valence-electron chi connectivity index (χ0n) is 11.4. The average Bonchev–Trinajstić information content (AvgIpc) is 2.74. The average molecular weight is 339 g/mol. The zero-order valence-corrected chi connectivity index (χ0v) is 13.0. The van der Waals surface area contributed by atoms with E-state index in [9.17, 15) is 4.79 Å². The molecule has 0 unspecified atom stereocenters. The van der Waals surface area contributed by atoms with Crippen molar-refractivity contribution in [3.8, 4) is 0 Å². The summed E-state index contributed by atoms with van der Waals surface area (Å²) in [6.45, 7) is 6.27. The molecule has 7 heteroatoms. The monoisotopic (exact) mass is 338 g/mol. The van der Waals surface area contributed by atoms with Crippen molar-refractivity contribution in [1.29, 1.82) is 0 Å². The molecule has 1 aliphatic rings. The number of morpholine rings is 1. The number of ketones is 1. The van der Waals surface area contributed by atoms with E-state index >= 15 is 0 Å². The molecule has 6 nitrogen and oxygen atoms in total. The number of ether oxygens (including phenoxy) is 1. The summed E-state index contributed by atoms with van der Waals surface area (Å²) in [5, 5.41) is 4.50. The molecule has 0 amide bonds. The maximum absolute atomic E-state index is 11.9. The first-order valence-electron chi connectivity index (χ1n) is 6.47. The Bertz CT molecular complexity index is 677. The molecule has 0 spiro atoms. The van der Waals surface area contributed by atoms with Crippen LogP contribution in [0.4, 0.5) is 5.82 Å². The van der Waals surface area contributed by atoms with Crippen LogP contribution in [0.25, 0.3) is 5.65 Å². The van der Waals surface area contributed by atoms with E-state index in [0.717, 1.165) is 34.7 Å². The summed E-state index contributed by atoms with van der Waals surface area (Å²) in [5.74, 6) is 0.796. The van der Waals surface area contributed by atoms with Crippen LogP contribution in [0.5, 0.6) is 0 Å². The molecule has 3 heterocycles. The number of halogens is 1. The van der Waals surface area contributed by atoms with Crippen LogP contribution in [0.3, 0.4) is 0 Å². The summed E-state index contributed by atoms with van der Waals surface area (Å²) in [6, 6.07) is 0. The summed E-state index contributed by atoms with van der Waals surface area (Å²) in [4.78, 5) is 18.4. The van der Waals surface area contributed by atoms with E-state index in [1.165, 1.54) is 0 Å². The number of nitrogens with zero attached hydrogens (tertiary/aromatic N) is 4. The largest absolute Gasteiger partial charge is 0.378 e. The third-order valence-corrected chi connectivity index (χ3v) is 4.34. The summed E-state index contributed by atoms with van der Waals surface area (Å²) in [6.07, 6.45) is 1.63. The number of carbonyl (C=O) groups is 1. The highest BCUT2D eigenvalue weighted by molar-refractivity contribution is 9.10. The lowest BCUT2D eigenvalue weighted by molar-refractivity contribution is 0.101. The molecule has 106 valence electrons. The fourth-order valence-electron chi connectivity index (χ4n) is 2.38. The lowest BCUT2D eigenvalue weighted by Crippen LogP contribution is -2.38. The number of hydrogen-bond donors (Lipinski definition) is 0. The molecule has 0 aromatic carbocycles. The summed E-state index contributed by atoms with van der Waals surface area (Å²) >= 11 is 3.50. The molecule has 2 aromatic rings. The van der Waals surface area contributed by atoms with Gasteiger partial charge in [-0.1, -0.05) is 0 Å². The zero-order chi connectivity index (χ0) is 14.3. The molecule has 0 N–H and O–H groups in total. The first-order chi connectivity index (χ1) is 9.59. The molecule has 3 rings (SSSR count). The Balaban J connectivity index is 2.25. The first kappa shape index (κ1) is 13.5. The highest BCUT2D eigenvalue weighted by Crippen LogP contribution is 2.28. The maximum atomic E-state index is 11.9. The molecular weight excluding hydrogens is 324 g/mol. The second-order valence-electron chi connectivity index (χ2n) is 4.79. The Morgan fingerprint density at radius 2 is 2.10 bits per heavy atom. The van der Waals surface area contributed by atoms with E-state index in [1.54, 1.807) is 17.6 Å². The number of aryl methyl sites for hydroxylation is 1. The van der Waals surface area contributed by atoms with Gasteiger partial charge in [0.2, 0.25) is 0 Å².